The summed E-state index contributed by atoms with van der Waals surface area (Å²) in [6.07, 6.45) is 39.6. The van der Waals surface area contributed by atoms with Crippen molar-refractivity contribution in [2.75, 3.05) is 13.2 Å². The van der Waals surface area contributed by atoms with Gasteiger partial charge in [-0.05, 0) is 19.3 Å². The monoisotopic (exact) mass is 810 g/mol. The smallest absolute Gasteiger partial charge is 0.220 e. The van der Waals surface area contributed by atoms with Crippen LogP contribution in [0.2, 0.25) is 0 Å². The van der Waals surface area contributed by atoms with E-state index in [9.17, 15) is 30.3 Å². The summed E-state index contributed by atoms with van der Waals surface area (Å²) >= 11 is 0. The van der Waals surface area contributed by atoms with E-state index in [1.165, 1.54) is 167 Å². The lowest BCUT2D eigenvalue weighted by Gasteiger charge is -2.40. The van der Waals surface area contributed by atoms with Crippen LogP contribution in [0.1, 0.15) is 219 Å². The molecule has 1 aliphatic rings. The summed E-state index contributed by atoms with van der Waals surface area (Å²) in [5.41, 5.74) is 0. The van der Waals surface area contributed by atoms with Gasteiger partial charge in [-0.2, -0.15) is 0 Å². The van der Waals surface area contributed by atoms with Crippen molar-refractivity contribution < 1.29 is 39.8 Å². The number of unbranched alkanes of at least 4 members (excludes halogenated alkanes) is 29. The summed E-state index contributed by atoms with van der Waals surface area (Å²) in [7, 11) is 0. The van der Waals surface area contributed by atoms with Crippen LogP contribution in [0.5, 0.6) is 0 Å². The van der Waals surface area contributed by atoms with E-state index in [0.29, 0.717) is 6.42 Å². The summed E-state index contributed by atoms with van der Waals surface area (Å²) in [6, 6.07) is -0.831. The summed E-state index contributed by atoms with van der Waals surface area (Å²) in [4.78, 5) is 12.9. The molecule has 0 aromatic heterocycles. The molecule has 57 heavy (non-hydrogen) atoms. The van der Waals surface area contributed by atoms with Crippen LogP contribution in [0.4, 0.5) is 0 Å². The van der Waals surface area contributed by atoms with Crippen molar-refractivity contribution in [1.82, 2.24) is 5.32 Å². The molecule has 0 aromatic rings. The zero-order valence-electron chi connectivity index (χ0n) is 36.9. The predicted octanol–water partition coefficient (Wildman–Crippen LogP) is 10.3. The molecule has 1 saturated heterocycles. The number of allylic oxidation sites excluding steroid dienone is 3. The SMILES string of the molecule is CCCCCCCCC/C=C/C=C/[C@@H](O)[C@H](CO[C@H]1O[C@@H](CO)[C@H](O)C(O)C1O)NC(=O)CCCCCCCCCCCCCCCCCCCCCCCCC. The number of rotatable bonds is 40. The second-order valence-electron chi connectivity index (χ2n) is 16.9. The van der Waals surface area contributed by atoms with Crippen LogP contribution in [-0.4, -0.2) is 87.5 Å². The normalized spacial score (nSPS) is 21.1. The van der Waals surface area contributed by atoms with Gasteiger partial charge >= 0.3 is 0 Å². The third-order valence-electron chi connectivity index (χ3n) is 11.6. The summed E-state index contributed by atoms with van der Waals surface area (Å²) in [5, 5.41) is 54.1. The highest BCUT2D eigenvalue weighted by Crippen LogP contribution is 2.23. The van der Waals surface area contributed by atoms with Crippen molar-refractivity contribution in [2.45, 2.75) is 262 Å². The fourth-order valence-electron chi connectivity index (χ4n) is 7.69. The fraction of sp³-hybridized carbons (Fsp3) is 0.896. The Hall–Kier alpha value is -1.33. The first kappa shape index (κ1) is 53.7. The summed E-state index contributed by atoms with van der Waals surface area (Å²) in [5.74, 6) is -0.192. The molecular formula is C48H91NO8. The molecule has 0 bridgehead atoms. The maximum Gasteiger partial charge on any atom is 0.220 e. The average molecular weight is 810 g/mol. The van der Waals surface area contributed by atoms with Gasteiger partial charge in [0, 0.05) is 6.42 Å². The molecule has 6 N–H and O–H groups in total. The van der Waals surface area contributed by atoms with E-state index in [0.717, 1.165) is 32.1 Å². The number of hydrogen-bond acceptors (Lipinski definition) is 8. The molecular weight excluding hydrogens is 719 g/mol. The van der Waals surface area contributed by atoms with Crippen molar-refractivity contribution in [1.29, 1.82) is 0 Å². The number of carbonyl (C=O) groups is 1. The Morgan fingerprint density at radius 1 is 0.596 bits per heavy atom. The quantitative estimate of drug-likeness (QED) is 0.0265. The average Bonchev–Trinajstić information content (AvgIpc) is 3.21. The Balaban J connectivity index is 2.25. The number of aliphatic hydroxyl groups is 5. The molecule has 1 rings (SSSR count). The van der Waals surface area contributed by atoms with E-state index in [1.807, 2.05) is 6.08 Å². The highest BCUT2D eigenvalue weighted by molar-refractivity contribution is 5.76. The Bertz CT molecular complexity index is 945. The van der Waals surface area contributed by atoms with Gasteiger partial charge < -0.3 is 40.3 Å². The van der Waals surface area contributed by atoms with Crippen molar-refractivity contribution in [3.8, 4) is 0 Å². The first-order valence-corrected chi connectivity index (χ1v) is 24.1. The lowest BCUT2D eigenvalue weighted by molar-refractivity contribution is -0.302. The van der Waals surface area contributed by atoms with Crippen molar-refractivity contribution in [3.05, 3.63) is 24.3 Å². The molecule has 1 aliphatic heterocycles. The minimum absolute atomic E-state index is 0.192. The van der Waals surface area contributed by atoms with E-state index in [2.05, 4.69) is 25.2 Å². The molecule has 9 nitrogen and oxygen atoms in total. The summed E-state index contributed by atoms with van der Waals surface area (Å²) in [6.45, 7) is 3.73. The standard InChI is InChI=1S/C48H91NO8/c1-3-5-7-9-11-13-15-16-17-18-19-20-21-22-23-24-25-26-28-30-32-34-36-38-44(52)49-41(40-56-48-47(55)46(54)45(53)43(39-50)57-48)42(51)37-35-33-31-29-27-14-12-10-8-6-4-2/h31,33,35,37,41-43,45-48,50-51,53-55H,3-30,32,34,36,38-40H2,1-2H3,(H,49,52)/b33-31+,37-35+/t41-,42+,43-,45-,46?,47?,48-/m0/s1. The lowest BCUT2D eigenvalue weighted by Crippen LogP contribution is -2.60. The third kappa shape index (κ3) is 29.5. The van der Waals surface area contributed by atoms with Crippen LogP contribution < -0.4 is 5.32 Å². The van der Waals surface area contributed by atoms with Gasteiger partial charge in [-0.25, -0.2) is 0 Å². The Kier molecular flexibility index (Phi) is 36.6. The topological polar surface area (TPSA) is 149 Å². The van der Waals surface area contributed by atoms with Gasteiger partial charge in [-0.3, -0.25) is 4.79 Å². The highest BCUT2D eigenvalue weighted by Gasteiger charge is 2.44. The molecule has 336 valence electrons. The van der Waals surface area contributed by atoms with Crippen LogP contribution in [-0.2, 0) is 14.3 Å². The number of hydrogen-bond donors (Lipinski definition) is 6. The molecule has 1 heterocycles. The molecule has 2 unspecified atom stereocenters. The Morgan fingerprint density at radius 3 is 1.46 bits per heavy atom. The second-order valence-corrected chi connectivity index (χ2v) is 16.9. The minimum atomic E-state index is -1.57. The molecule has 1 fully saturated rings. The van der Waals surface area contributed by atoms with Gasteiger partial charge in [0.2, 0.25) is 5.91 Å². The largest absolute Gasteiger partial charge is 0.394 e. The van der Waals surface area contributed by atoms with E-state index < -0.39 is 49.5 Å². The predicted molar refractivity (Wildman–Crippen MR) is 235 cm³/mol. The minimum Gasteiger partial charge on any atom is -0.394 e. The fourth-order valence-corrected chi connectivity index (χ4v) is 7.69. The van der Waals surface area contributed by atoms with E-state index in [-0.39, 0.29) is 12.5 Å². The van der Waals surface area contributed by atoms with Crippen molar-refractivity contribution in [2.24, 2.45) is 0 Å². The highest BCUT2D eigenvalue weighted by atomic mass is 16.7. The molecule has 0 aromatic carbocycles. The molecule has 0 saturated carbocycles. The van der Waals surface area contributed by atoms with Gasteiger partial charge in [-0.15, -0.1) is 0 Å². The van der Waals surface area contributed by atoms with Gasteiger partial charge in [-0.1, -0.05) is 218 Å². The zero-order valence-corrected chi connectivity index (χ0v) is 36.9. The van der Waals surface area contributed by atoms with E-state index in [1.54, 1.807) is 12.2 Å². The summed E-state index contributed by atoms with van der Waals surface area (Å²) < 4.78 is 11.2. The molecule has 7 atom stereocenters. The maximum absolute atomic E-state index is 12.9. The van der Waals surface area contributed by atoms with Gasteiger partial charge in [0.25, 0.3) is 0 Å². The molecule has 1 amide bonds. The Morgan fingerprint density at radius 2 is 1.02 bits per heavy atom. The molecule has 0 aliphatic carbocycles. The van der Waals surface area contributed by atoms with Crippen LogP contribution in [0, 0.1) is 0 Å². The number of carbonyl (C=O) groups excluding carboxylic acids is 1. The lowest BCUT2D eigenvalue weighted by atomic mass is 9.99. The number of amides is 1. The molecule has 0 radical (unpaired) electrons. The number of ether oxygens (including phenoxy) is 2. The van der Waals surface area contributed by atoms with Gasteiger partial charge in [0.05, 0.1) is 25.4 Å². The van der Waals surface area contributed by atoms with Gasteiger partial charge in [0.15, 0.2) is 6.29 Å². The number of nitrogens with one attached hydrogen (secondary N) is 1. The van der Waals surface area contributed by atoms with E-state index in [4.69, 9.17) is 9.47 Å². The van der Waals surface area contributed by atoms with Gasteiger partial charge in [0.1, 0.15) is 24.4 Å². The first-order valence-electron chi connectivity index (χ1n) is 24.1. The second kappa shape index (κ2) is 38.8. The third-order valence-corrected chi connectivity index (χ3v) is 11.6. The zero-order chi connectivity index (χ0) is 41.6. The Labute approximate surface area is 349 Å². The number of aliphatic hydroxyl groups excluding tert-OH is 5. The van der Waals surface area contributed by atoms with Crippen molar-refractivity contribution >= 4 is 5.91 Å². The van der Waals surface area contributed by atoms with Crippen molar-refractivity contribution in [3.63, 3.8) is 0 Å². The first-order chi connectivity index (χ1) is 27.8. The molecule has 9 heteroatoms. The van der Waals surface area contributed by atoms with Crippen LogP contribution in [0.15, 0.2) is 24.3 Å². The maximum atomic E-state index is 12.9. The van der Waals surface area contributed by atoms with Crippen LogP contribution >= 0.6 is 0 Å². The van der Waals surface area contributed by atoms with Crippen LogP contribution in [0.25, 0.3) is 0 Å². The van der Waals surface area contributed by atoms with Crippen LogP contribution in [0.3, 0.4) is 0 Å². The molecule has 0 spiro atoms. The van der Waals surface area contributed by atoms with E-state index >= 15 is 0 Å².